The molecule has 0 bridgehead atoms. The predicted molar refractivity (Wildman–Crippen MR) is 122 cm³/mol. The Bertz CT molecular complexity index is 1510. The summed E-state index contributed by atoms with van der Waals surface area (Å²) in [6.45, 7) is 5.01. The van der Waals surface area contributed by atoms with Gasteiger partial charge in [-0.25, -0.2) is 4.79 Å². The summed E-state index contributed by atoms with van der Waals surface area (Å²) < 4.78 is 16.9. The van der Waals surface area contributed by atoms with Crippen molar-refractivity contribution in [3.63, 3.8) is 0 Å². The third-order valence-corrected chi connectivity index (χ3v) is 5.78. The molecule has 0 fully saturated rings. The number of esters is 1. The molecule has 1 aliphatic heterocycles. The molecule has 34 heavy (non-hydrogen) atoms. The molecule has 0 N–H and O–H groups in total. The molecule has 3 heterocycles. The van der Waals surface area contributed by atoms with E-state index < -0.39 is 29.3 Å². The summed E-state index contributed by atoms with van der Waals surface area (Å²) >= 11 is 0. The molecular formula is C26H19NO7. The minimum atomic E-state index is -1.29. The highest BCUT2D eigenvalue weighted by Gasteiger charge is 2.42. The van der Waals surface area contributed by atoms with Gasteiger partial charge < -0.3 is 13.6 Å². The normalized spacial score (nSPS) is 13.9. The Morgan fingerprint density at radius 1 is 0.971 bits per heavy atom. The van der Waals surface area contributed by atoms with Crippen LogP contribution >= 0.6 is 0 Å². The monoisotopic (exact) mass is 457 g/mol. The average Bonchev–Trinajstić information content (AvgIpc) is 3.43. The van der Waals surface area contributed by atoms with Crippen molar-refractivity contribution in [2.24, 2.45) is 0 Å². The number of nitrogens with zero attached hydrogens (tertiary/aromatic N) is 1. The van der Waals surface area contributed by atoms with E-state index in [1.54, 1.807) is 37.3 Å². The van der Waals surface area contributed by atoms with Crippen molar-refractivity contribution in [2.45, 2.75) is 26.8 Å². The standard InChI is InChI=1S/C26H19NO7/c1-13-11-14(2)21-18(12-13)20(28)23(22(33-21)19-9-6-10-32-19)34-26(31)15(3)27-24(29)16-7-4-5-8-17(16)25(27)30/h4-12,15H,1-3H3/t15-/m1/s1. The molecule has 2 amide bonds. The Kier molecular flexibility index (Phi) is 4.93. The number of rotatable bonds is 4. The summed E-state index contributed by atoms with van der Waals surface area (Å²) in [6.07, 6.45) is 1.40. The molecule has 1 aliphatic rings. The van der Waals surface area contributed by atoms with E-state index in [1.807, 2.05) is 13.0 Å². The fourth-order valence-electron chi connectivity index (χ4n) is 4.15. The largest absolute Gasteiger partial charge is 0.461 e. The summed E-state index contributed by atoms with van der Waals surface area (Å²) in [5, 5.41) is 0.240. The molecule has 0 unspecified atom stereocenters. The number of imide groups is 1. The van der Waals surface area contributed by atoms with Gasteiger partial charge in [-0.05, 0) is 62.2 Å². The van der Waals surface area contributed by atoms with Crippen molar-refractivity contribution in [3.05, 3.63) is 87.3 Å². The maximum atomic E-state index is 13.4. The average molecular weight is 457 g/mol. The number of carbonyl (C=O) groups is 3. The fraction of sp³-hybridized carbons (Fsp3) is 0.154. The van der Waals surface area contributed by atoms with Crippen LogP contribution in [0, 0.1) is 13.8 Å². The molecule has 5 rings (SSSR count). The number of amides is 2. The first kappa shape index (κ1) is 21.4. The Balaban J connectivity index is 1.57. The zero-order valence-corrected chi connectivity index (χ0v) is 18.6. The van der Waals surface area contributed by atoms with Crippen molar-refractivity contribution >= 4 is 28.8 Å². The Morgan fingerprint density at radius 2 is 1.65 bits per heavy atom. The first-order valence-corrected chi connectivity index (χ1v) is 10.6. The van der Waals surface area contributed by atoms with E-state index in [1.165, 1.54) is 25.3 Å². The predicted octanol–water partition coefficient (Wildman–Crippen LogP) is 4.26. The van der Waals surface area contributed by atoms with Crippen LogP contribution in [0.5, 0.6) is 5.75 Å². The summed E-state index contributed by atoms with van der Waals surface area (Å²) in [4.78, 5) is 52.9. The maximum Gasteiger partial charge on any atom is 0.334 e. The number of ether oxygens (including phenoxy) is 1. The van der Waals surface area contributed by atoms with E-state index in [-0.39, 0.29) is 33.8 Å². The fourth-order valence-corrected chi connectivity index (χ4v) is 4.15. The number of hydrogen-bond acceptors (Lipinski definition) is 7. The zero-order valence-electron chi connectivity index (χ0n) is 18.6. The zero-order chi connectivity index (χ0) is 24.1. The van der Waals surface area contributed by atoms with Crippen LogP contribution in [-0.2, 0) is 4.79 Å². The van der Waals surface area contributed by atoms with E-state index in [0.29, 0.717) is 5.58 Å². The third-order valence-electron chi connectivity index (χ3n) is 5.78. The van der Waals surface area contributed by atoms with Crippen molar-refractivity contribution in [3.8, 4) is 17.3 Å². The quantitative estimate of drug-likeness (QED) is 0.333. The first-order valence-electron chi connectivity index (χ1n) is 10.6. The van der Waals surface area contributed by atoms with E-state index >= 15 is 0 Å². The Labute approximate surface area is 193 Å². The summed E-state index contributed by atoms with van der Waals surface area (Å²) in [5.41, 5.74) is 1.76. The number of carbonyl (C=O) groups excluding carboxylic acids is 3. The number of aryl methyl sites for hydroxylation is 2. The second-order valence-corrected chi connectivity index (χ2v) is 8.15. The van der Waals surface area contributed by atoms with Gasteiger partial charge in [0.1, 0.15) is 11.6 Å². The minimum Gasteiger partial charge on any atom is -0.461 e. The first-order chi connectivity index (χ1) is 16.3. The van der Waals surface area contributed by atoms with E-state index in [4.69, 9.17) is 13.6 Å². The van der Waals surface area contributed by atoms with Crippen LogP contribution in [0.2, 0.25) is 0 Å². The highest BCUT2D eigenvalue weighted by molar-refractivity contribution is 6.22. The maximum absolute atomic E-state index is 13.4. The lowest BCUT2D eigenvalue weighted by Gasteiger charge is -2.21. The topological polar surface area (TPSA) is 107 Å². The number of fused-ring (bicyclic) bond motifs is 2. The lowest BCUT2D eigenvalue weighted by atomic mass is 10.1. The highest BCUT2D eigenvalue weighted by atomic mass is 16.5. The van der Waals surface area contributed by atoms with Crippen LogP contribution < -0.4 is 10.2 Å². The van der Waals surface area contributed by atoms with Gasteiger partial charge in [0.2, 0.25) is 16.9 Å². The molecule has 0 radical (unpaired) electrons. The van der Waals surface area contributed by atoms with Gasteiger partial charge in [-0.2, -0.15) is 0 Å². The summed E-state index contributed by atoms with van der Waals surface area (Å²) in [6, 6.07) is 11.7. The number of benzene rings is 2. The second kappa shape index (κ2) is 7.84. The molecule has 0 saturated heterocycles. The smallest absolute Gasteiger partial charge is 0.334 e. The van der Waals surface area contributed by atoms with E-state index in [0.717, 1.165) is 16.0 Å². The second-order valence-electron chi connectivity index (χ2n) is 8.15. The molecule has 4 aromatic rings. The van der Waals surface area contributed by atoms with Gasteiger partial charge in [0.25, 0.3) is 11.8 Å². The molecule has 0 aliphatic carbocycles. The van der Waals surface area contributed by atoms with Crippen LogP contribution in [0.25, 0.3) is 22.5 Å². The molecule has 170 valence electrons. The van der Waals surface area contributed by atoms with Crippen LogP contribution in [0.15, 0.2) is 68.4 Å². The number of furan rings is 1. The van der Waals surface area contributed by atoms with Crippen LogP contribution in [-0.4, -0.2) is 28.7 Å². The van der Waals surface area contributed by atoms with Crippen LogP contribution in [0.4, 0.5) is 0 Å². The van der Waals surface area contributed by atoms with Gasteiger partial charge in [0.05, 0.1) is 22.8 Å². The molecule has 1 atom stereocenters. The molecule has 8 heteroatoms. The van der Waals surface area contributed by atoms with Crippen LogP contribution in [0.3, 0.4) is 0 Å². The molecular weight excluding hydrogens is 438 g/mol. The summed E-state index contributed by atoms with van der Waals surface area (Å²) in [7, 11) is 0. The highest BCUT2D eigenvalue weighted by Crippen LogP contribution is 2.33. The third kappa shape index (κ3) is 3.23. The van der Waals surface area contributed by atoms with Gasteiger partial charge in [0.15, 0.2) is 5.76 Å². The Hall–Kier alpha value is -4.46. The number of hydrogen-bond donors (Lipinski definition) is 0. The molecule has 2 aromatic heterocycles. The van der Waals surface area contributed by atoms with Gasteiger partial charge in [0, 0.05) is 0 Å². The molecule has 0 saturated carbocycles. The van der Waals surface area contributed by atoms with Gasteiger partial charge >= 0.3 is 5.97 Å². The summed E-state index contributed by atoms with van der Waals surface area (Å²) in [5.74, 6) is -2.41. The van der Waals surface area contributed by atoms with Gasteiger partial charge in [-0.1, -0.05) is 18.2 Å². The minimum absolute atomic E-state index is 0.0580. The van der Waals surface area contributed by atoms with E-state index in [9.17, 15) is 19.2 Å². The van der Waals surface area contributed by atoms with Gasteiger partial charge in [-0.3, -0.25) is 19.3 Å². The lowest BCUT2D eigenvalue weighted by Crippen LogP contribution is -2.45. The van der Waals surface area contributed by atoms with Crippen molar-refractivity contribution in [1.29, 1.82) is 0 Å². The van der Waals surface area contributed by atoms with Crippen LogP contribution in [0.1, 0.15) is 38.8 Å². The van der Waals surface area contributed by atoms with E-state index in [2.05, 4.69) is 0 Å². The van der Waals surface area contributed by atoms with Crippen molar-refractivity contribution in [2.75, 3.05) is 0 Å². The van der Waals surface area contributed by atoms with Gasteiger partial charge in [-0.15, -0.1) is 0 Å². The van der Waals surface area contributed by atoms with Crippen molar-refractivity contribution in [1.82, 2.24) is 4.90 Å². The lowest BCUT2D eigenvalue weighted by molar-refractivity contribution is -0.138. The molecule has 8 nitrogen and oxygen atoms in total. The SMILES string of the molecule is Cc1cc(C)c2oc(-c3ccco3)c(OC(=O)[C@@H](C)N3C(=O)c4ccccc4C3=O)c(=O)c2c1. The molecule has 0 spiro atoms. The van der Waals surface area contributed by atoms with Crippen molar-refractivity contribution < 1.29 is 28.0 Å². The Morgan fingerprint density at radius 3 is 2.26 bits per heavy atom. The molecule has 2 aromatic carbocycles.